The zero-order valence-electron chi connectivity index (χ0n) is 20.4. The van der Waals surface area contributed by atoms with E-state index in [0.717, 1.165) is 74.3 Å². The number of rotatable bonds is 7. The minimum absolute atomic E-state index is 0.0304. The molecule has 1 saturated heterocycles. The monoisotopic (exact) mass is 466 g/mol. The Kier molecular flexibility index (Phi) is 6.59. The van der Waals surface area contributed by atoms with Gasteiger partial charge in [-0.15, -0.1) is 0 Å². The molecule has 7 nitrogen and oxygen atoms in total. The van der Waals surface area contributed by atoms with Gasteiger partial charge in [0.2, 0.25) is 0 Å². The Balaban J connectivity index is 1.37. The fraction of sp³-hybridized carbons (Fsp3) is 0.538. The zero-order chi connectivity index (χ0) is 23.7. The number of anilines is 2. The van der Waals surface area contributed by atoms with Crippen LogP contribution in [0.25, 0.3) is 10.9 Å². The number of hydrogen-bond acceptors (Lipinski definition) is 6. The van der Waals surface area contributed by atoms with Gasteiger partial charge in [-0.25, -0.2) is 9.37 Å². The zero-order valence-corrected chi connectivity index (χ0v) is 20.4. The van der Waals surface area contributed by atoms with E-state index in [1.165, 1.54) is 0 Å². The van der Waals surface area contributed by atoms with E-state index in [-0.39, 0.29) is 18.0 Å². The normalized spacial score (nSPS) is 22.9. The second-order valence-electron chi connectivity index (χ2n) is 9.54. The van der Waals surface area contributed by atoms with Gasteiger partial charge in [0.1, 0.15) is 5.82 Å². The molecule has 5 rings (SSSR count). The van der Waals surface area contributed by atoms with Crippen molar-refractivity contribution in [3.63, 3.8) is 0 Å². The molecule has 34 heavy (non-hydrogen) atoms. The van der Waals surface area contributed by atoms with Gasteiger partial charge in [0.15, 0.2) is 17.4 Å². The van der Waals surface area contributed by atoms with Crippen LogP contribution in [0.4, 0.5) is 16.0 Å². The topological polar surface area (TPSA) is 67.2 Å². The standard InChI is InChI=1S/C26H35FN6O/c1-4-29-24-14-22-21(15-30-24)26(32-13-12-18(16-32)28-3)31-33(22)19-8-10-20(11-9-19)34-23-7-5-6-17(2)25(23)27/h5-7,14-15,18-20,28H,4,8-13,16H2,1-3H3,(H,29,30)/t18-,19?,20?/m1/s1. The summed E-state index contributed by atoms with van der Waals surface area (Å²) < 4.78 is 22.7. The molecular weight excluding hydrogens is 431 g/mol. The van der Waals surface area contributed by atoms with Crippen LogP contribution < -0.4 is 20.3 Å². The first kappa shape index (κ1) is 22.9. The van der Waals surface area contributed by atoms with Gasteiger partial charge < -0.3 is 20.3 Å². The first-order valence-electron chi connectivity index (χ1n) is 12.5. The molecule has 2 aliphatic rings. The lowest BCUT2D eigenvalue weighted by atomic mass is 9.93. The minimum atomic E-state index is -0.249. The second-order valence-corrected chi connectivity index (χ2v) is 9.54. The summed E-state index contributed by atoms with van der Waals surface area (Å²) in [6.45, 7) is 6.63. The quantitative estimate of drug-likeness (QED) is 0.527. The maximum absolute atomic E-state index is 14.4. The Morgan fingerprint density at radius 2 is 2.00 bits per heavy atom. The Hall–Kier alpha value is -2.87. The van der Waals surface area contributed by atoms with Crippen LogP contribution in [0, 0.1) is 12.7 Å². The summed E-state index contributed by atoms with van der Waals surface area (Å²) in [6, 6.07) is 8.26. The molecule has 0 spiro atoms. The highest BCUT2D eigenvalue weighted by Crippen LogP contribution is 2.37. The van der Waals surface area contributed by atoms with E-state index >= 15 is 0 Å². The van der Waals surface area contributed by atoms with Crippen molar-refractivity contribution >= 4 is 22.5 Å². The summed E-state index contributed by atoms with van der Waals surface area (Å²) in [4.78, 5) is 7.02. The lowest BCUT2D eigenvalue weighted by Crippen LogP contribution is -2.30. The Labute approximate surface area is 200 Å². The molecule has 0 amide bonds. The summed E-state index contributed by atoms with van der Waals surface area (Å²) in [5.41, 5.74) is 1.75. The molecule has 8 heteroatoms. The van der Waals surface area contributed by atoms with Gasteiger partial charge in [-0.2, -0.15) is 5.10 Å². The van der Waals surface area contributed by atoms with Crippen LogP contribution in [0.2, 0.25) is 0 Å². The Morgan fingerprint density at radius 3 is 2.74 bits per heavy atom. The largest absolute Gasteiger partial charge is 0.487 e. The molecule has 3 heterocycles. The van der Waals surface area contributed by atoms with Crippen LogP contribution in [0.5, 0.6) is 5.75 Å². The SMILES string of the molecule is CCNc1cc2c(cn1)c(N1CC[C@@H](NC)C1)nn2C1CCC(Oc2cccc(C)c2F)CC1. The molecule has 0 bridgehead atoms. The van der Waals surface area contributed by atoms with E-state index in [9.17, 15) is 4.39 Å². The van der Waals surface area contributed by atoms with Crippen molar-refractivity contribution in [2.45, 2.75) is 64.1 Å². The van der Waals surface area contributed by atoms with Crippen molar-refractivity contribution in [1.29, 1.82) is 0 Å². The van der Waals surface area contributed by atoms with Gasteiger partial charge in [0.05, 0.1) is 23.0 Å². The van der Waals surface area contributed by atoms with E-state index in [2.05, 4.69) is 38.2 Å². The van der Waals surface area contributed by atoms with Gasteiger partial charge in [-0.05, 0) is 64.6 Å². The third-order valence-corrected chi connectivity index (χ3v) is 7.27. The highest BCUT2D eigenvalue weighted by molar-refractivity contribution is 5.91. The average Bonchev–Trinajstić information content (AvgIpc) is 3.47. The molecular formula is C26H35FN6O. The molecule has 2 fully saturated rings. The van der Waals surface area contributed by atoms with Crippen LogP contribution in [0.3, 0.4) is 0 Å². The number of nitrogens with zero attached hydrogens (tertiary/aromatic N) is 4. The molecule has 1 aliphatic carbocycles. The van der Waals surface area contributed by atoms with Crippen LogP contribution in [0.15, 0.2) is 30.5 Å². The van der Waals surface area contributed by atoms with Crippen molar-refractivity contribution in [3.8, 4) is 5.75 Å². The predicted octanol–water partition coefficient (Wildman–Crippen LogP) is 4.67. The molecule has 1 aliphatic heterocycles. The van der Waals surface area contributed by atoms with Gasteiger partial charge in [-0.1, -0.05) is 12.1 Å². The Bertz CT molecular complexity index is 1140. The molecule has 0 unspecified atom stereocenters. The summed E-state index contributed by atoms with van der Waals surface area (Å²) in [6.07, 6.45) is 6.78. The Morgan fingerprint density at radius 1 is 1.18 bits per heavy atom. The van der Waals surface area contributed by atoms with Crippen molar-refractivity contribution in [2.75, 3.05) is 36.9 Å². The van der Waals surface area contributed by atoms with Crippen LogP contribution >= 0.6 is 0 Å². The average molecular weight is 467 g/mol. The van der Waals surface area contributed by atoms with Crippen LogP contribution in [0.1, 0.15) is 50.6 Å². The molecule has 1 atom stereocenters. The smallest absolute Gasteiger partial charge is 0.167 e. The molecule has 2 aromatic heterocycles. The number of aryl methyl sites for hydroxylation is 1. The minimum Gasteiger partial charge on any atom is -0.487 e. The summed E-state index contributed by atoms with van der Waals surface area (Å²) in [5, 5.41) is 13.0. The van der Waals surface area contributed by atoms with Gasteiger partial charge >= 0.3 is 0 Å². The van der Waals surface area contributed by atoms with Crippen LogP contribution in [-0.4, -0.2) is 53.6 Å². The summed E-state index contributed by atoms with van der Waals surface area (Å²) in [7, 11) is 2.03. The van der Waals surface area contributed by atoms with Crippen LogP contribution in [-0.2, 0) is 0 Å². The van der Waals surface area contributed by atoms with Gasteiger partial charge in [0, 0.05) is 37.9 Å². The number of fused-ring (bicyclic) bond motifs is 1. The van der Waals surface area contributed by atoms with E-state index in [4.69, 9.17) is 9.84 Å². The fourth-order valence-electron chi connectivity index (χ4n) is 5.29. The number of hydrogen-bond donors (Lipinski definition) is 2. The maximum atomic E-state index is 14.4. The molecule has 1 aromatic carbocycles. The van der Waals surface area contributed by atoms with Gasteiger partial charge in [-0.3, -0.25) is 4.68 Å². The third-order valence-electron chi connectivity index (χ3n) is 7.27. The maximum Gasteiger partial charge on any atom is 0.167 e. The number of likely N-dealkylation sites (N-methyl/N-ethyl adjacent to an activating group) is 1. The lowest BCUT2D eigenvalue weighted by Gasteiger charge is -2.29. The van der Waals surface area contributed by atoms with Gasteiger partial charge in [0.25, 0.3) is 0 Å². The van der Waals surface area contributed by atoms with Crippen molar-refractivity contribution in [2.24, 2.45) is 0 Å². The number of aromatic nitrogens is 3. The third kappa shape index (κ3) is 4.43. The lowest BCUT2D eigenvalue weighted by molar-refractivity contribution is 0.126. The number of halogens is 1. The number of pyridine rings is 1. The molecule has 2 N–H and O–H groups in total. The molecule has 182 valence electrons. The van der Waals surface area contributed by atoms with E-state index in [1.54, 1.807) is 19.1 Å². The molecule has 1 saturated carbocycles. The second kappa shape index (κ2) is 9.78. The first-order chi connectivity index (χ1) is 16.6. The van der Waals surface area contributed by atoms with Crippen molar-refractivity contribution in [3.05, 3.63) is 41.8 Å². The molecule has 0 radical (unpaired) electrons. The van der Waals surface area contributed by atoms with E-state index in [1.807, 2.05) is 19.3 Å². The number of nitrogens with one attached hydrogen (secondary N) is 2. The highest BCUT2D eigenvalue weighted by Gasteiger charge is 2.30. The van der Waals surface area contributed by atoms with E-state index < -0.39 is 0 Å². The van der Waals surface area contributed by atoms with Crippen molar-refractivity contribution in [1.82, 2.24) is 20.1 Å². The first-order valence-corrected chi connectivity index (χ1v) is 12.5. The fourth-order valence-corrected chi connectivity index (χ4v) is 5.29. The summed E-state index contributed by atoms with van der Waals surface area (Å²) in [5.74, 6) is 2.03. The number of benzene rings is 1. The number of ether oxygens (including phenoxy) is 1. The molecule has 3 aromatic rings. The summed E-state index contributed by atoms with van der Waals surface area (Å²) >= 11 is 0. The predicted molar refractivity (Wildman–Crippen MR) is 134 cm³/mol. The van der Waals surface area contributed by atoms with E-state index in [0.29, 0.717) is 17.4 Å². The highest BCUT2D eigenvalue weighted by atomic mass is 19.1. The van der Waals surface area contributed by atoms with Crippen molar-refractivity contribution < 1.29 is 9.13 Å².